The first kappa shape index (κ1) is 15.4. The summed E-state index contributed by atoms with van der Waals surface area (Å²) in [5.41, 5.74) is 1.19. The number of alkyl halides is 1. The maximum absolute atomic E-state index is 10.8. The molecule has 0 bridgehead atoms. The molecule has 1 rings (SSSR count). The number of likely N-dealkylation sites (N-methyl/N-ethyl adjacent to an activating group) is 1. The summed E-state index contributed by atoms with van der Waals surface area (Å²) in [5, 5.41) is 19.0. The average molecular weight is 287 g/mol. The average Bonchev–Trinajstić information content (AvgIpc) is 2.27. The molecule has 1 N–H and O–H groups in total. The highest BCUT2D eigenvalue weighted by molar-refractivity contribution is 6.21. The highest BCUT2D eigenvalue weighted by Gasteiger charge is 2.17. The monoisotopic (exact) mass is 286 g/mol. The molecular formula is C12H15ClN2O4. The highest BCUT2D eigenvalue weighted by Crippen LogP contribution is 2.27. The van der Waals surface area contributed by atoms with Crippen LogP contribution >= 0.6 is 11.6 Å². The van der Waals surface area contributed by atoms with E-state index in [4.69, 9.17) is 16.7 Å². The van der Waals surface area contributed by atoms with E-state index in [2.05, 4.69) is 0 Å². The lowest BCUT2D eigenvalue weighted by Gasteiger charge is -2.18. The molecule has 0 spiro atoms. The van der Waals surface area contributed by atoms with Crippen LogP contribution in [0.5, 0.6) is 0 Å². The molecule has 1 aromatic carbocycles. The molecule has 0 aliphatic rings. The maximum Gasteiger partial charge on any atom is 0.317 e. The first-order chi connectivity index (χ1) is 8.81. The normalized spacial score (nSPS) is 12.4. The van der Waals surface area contributed by atoms with Crippen LogP contribution in [-0.4, -0.2) is 41.0 Å². The van der Waals surface area contributed by atoms with Crippen molar-refractivity contribution in [3.8, 4) is 0 Å². The van der Waals surface area contributed by atoms with Crippen LogP contribution in [0.3, 0.4) is 0 Å². The molecule has 0 aliphatic heterocycles. The van der Waals surface area contributed by atoms with Crippen molar-refractivity contribution in [1.29, 1.82) is 0 Å². The zero-order valence-electron chi connectivity index (χ0n) is 10.7. The van der Waals surface area contributed by atoms with E-state index >= 15 is 0 Å². The van der Waals surface area contributed by atoms with E-state index in [0.717, 1.165) is 0 Å². The fourth-order valence-electron chi connectivity index (χ4n) is 1.69. The Morgan fingerprint density at radius 3 is 2.74 bits per heavy atom. The smallest absolute Gasteiger partial charge is 0.317 e. The van der Waals surface area contributed by atoms with Gasteiger partial charge in [-0.2, -0.15) is 0 Å². The Morgan fingerprint density at radius 2 is 2.21 bits per heavy atom. The number of nitro benzene ring substituents is 1. The van der Waals surface area contributed by atoms with Gasteiger partial charge < -0.3 is 5.11 Å². The van der Waals surface area contributed by atoms with Crippen LogP contribution in [0.1, 0.15) is 16.5 Å². The van der Waals surface area contributed by atoms with E-state index in [-0.39, 0.29) is 12.2 Å². The topological polar surface area (TPSA) is 83.7 Å². The van der Waals surface area contributed by atoms with Crippen molar-refractivity contribution in [3.63, 3.8) is 0 Å². The van der Waals surface area contributed by atoms with E-state index < -0.39 is 16.3 Å². The summed E-state index contributed by atoms with van der Waals surface area (Å²) in [6.45, 7) is 1.83. The number of nitrogens with zero attached hydrogens (tertiary/aromatic N) is 2. The molecule has 1 atom stereocenters. The molecule has 1 unspecified atom stereocenters. The quantitative estimate of drug-likeness (QED) is 0.492. The summed E-state index contributed by atoms with van der Waals surface area (Å²) in [5.74, 6) is -0.943. The zero-order chi connectivity index (χ0) is 14.6. The van der Waals surface area contributed by atoms with Gasteiger partial charge in [-0.1, -0.05) is 12.1 Å². The summed E-state index contributed by atoms with van der Waals surface area (Å²) in [6, 6.07) is 4.79. The Bertz CT molecular complexity index is 493. The van der Waals surface area contributed by atoms with Crippen LogP contribution in [0.4, 0.5) is 5.69 Å². The summed E-state index contributed by atoms with van der Waals surface area (Å²) in [4.78, 5) is 22.5. The van der Waals surface area contributed by atoms with Crippen LogP contribution < -0.4 is 0 Å². The third kappa shape index (κ3) is 4.50. The fraction of sp³-hybridized carbons (Fsp3) is 0.417. The lowest BCUT2D eigenvalue weighted by Crippen LogP contribution is -2.28. The van der Waals surface area contributed by atoms with Crippen LogP contribution in [0.2, 0.25) is 0 Å². The minimum Gasteiger partial charge on any atom is -0.480 e. The van der Waals surface area contributed by atoms with Gasteiger partial charge >= 0.3 is 5.97 Å². The van der Waals surface area contributed by atoms with Crippen molar-refractivity contribution in [2.75, 3.05) is 20.1 Å². The molecule has 0 aromatic heterocycles. The first-order valence-corrected chi connectivity index (χ1v) is 6.04. The van der Waals surface area contributed by atoms with E-state index in [1.54, 1.807) is 31.0 Å². The van der Waals surface area contributed by atoms with Crippen LogP contribution in [0.15, 0.2) is 18.2 Å². The van der Waals surface area contributed by atoms with Gasteiger partial charge in [0.2, 0.25) is 0 Å². The Kier molecular flexibility index (Phi) is 5.26. The fourth-order valence-corrected chi connectivity index (χ4v) is 2.06. The Hall–Kier alpha value is -1.66. The maximum atomic E-state index is 10.8. The molecular weight excluding hydrogens is 272 g/mol. The van der Waals surface area contributed by atoms with Gasteiger partial charge in [0.1, 0.15) is 0 Å². The summed E-state index contributed by atoms with van der Waals surface area (Å²) >= 11 is 6.16. The number of halogens is 1. The van der Waals surface area contributed by atoms with Gasteiger partial charge in [-0.15, -0.1) is 11.6 Å². The van der Waals surface area contributed by atoms with E-state index in [1.807, 2.05) is 0 Å². The number of benzene rings is 1. The van der Waals surface area contributed by atoms with Crippen molar-refractivity contribution in [2.24, 2.45) is 0 Å². The minimum atomic E-state index is -0.943. The van der Waals surface area contributed by atoms with Gasteiger partial charge in [-0.25, -0.2) is 0 Å². The van der Waals surface area contributed by atoms with E-state index in [9.17, 15) is 14.9 Å². The Balaban J connectivity index is 2.82. The molecule has 0 aliphatic carbocycles. The molecule has 0 radical (unpaired) electrons. The van der Waals surface area contributed by atoms with Gasteiger partial charge in [0, 0.05) is 18.2 Å². The Labute approximate surface area is 115 Å². The second kappa shape index (κ2) is 6.49. The minimum absolute atomic E-state index is 0.0176. The van der Waals surface area contributed by atoms with Gasteiger partial charge in [0.25, 0.3) is 5.69 Å². The number of carbonyl (C=O) groups is 1. The predicted octanol–water partition coefficient (Wildman–Crippen LogP) is 2.20. The van der Waals surface area contributed by atoms with Crippen molar-refractivity contribution in [2.45, 2.75) is 12.3 Å². The molecule has 7 heteroatoms. The lowest BCUT2D eigenvalue weighted by molar-refractivity contribution is -0.385. The molecule has 19 heavy (non-hydrogen) atoms. The molecule has 0 fully saturated rings. The third-order valence-electron chi connectivity index (χ3n) is 2.67. The SMILES string of the molecule is Cc1ccc(C(Cl)CN(C)CC(=O)O)cc1[N+](=O)[O-]. The van der Waals surface area contributed by atoms with Gasteiger partial charge in [0.15, 0.2) is 0 Å². The van der Waals surface area contributed by atoms with Crippen molar-refractivity contribution in [1.82, 2.24) is 4.90 Å². The van der Waals surface area contributed by atoms with Gasteiger partial charge in [0.05, 0.1) is 16.8 Å². The van der Waals surface area contributed by atoms with E-state index in [0.29, 0.717) is 17.7 Å². The number of hydrogen-bond donors (Lipinski definition) is 1. The molecule has 6 nitrogen and oxygen atoms in total. The van der Waals surface area contributed by atoms with Crippen molar-refractivity contribution < 1.29 is 14.8 Å². The van der Waals surface area contributed by atoms with Gasteiger partial charge in [-0.3, -0.25) is 19.8 Å². The van der Waals surface area contributed by atoms with Crippen molar-refractivity contribution >= 4 is 23.3 Å². The summed E-state index contributed by atoms with van der Waals surface area (Å²) in [7, 11) is 1.63. The van der Waals surface area contributed by atoms with Crippen LogP contribution in [0, 0.1) is 17.0 Å². The number of aliphatic carboxylic acids is 1. The Morgan fingerprint density at radius 1 is 1.58 bits per heavy atom. The molecule has 0 amide bonds. The van der Waals surface area contributed by atoms with Crippen LogP contribution in [-0.2, 0) is 4.79 Å². The first-order valence-electron chi connectivity index (χ1n) is 5.60. The van der Waals surface area contributed by atoms with Crippen molar-refractivity contribution in [3.05, 3.63) is 39.4 Å². The molecule has 1 aromatic rings. The number of nitro groups is 1. The number of aryl methyl sites for hydroxylation is 1. The lowest BCUT2D eigenvalue weighted by atomic mass is 10.1. The number of carboxylic acid groups (broad SMARTS) is 1. The second-order valence-corrected chi connectivity index (χ2v) is 4.89. The molecule has 0 heterocycles. The third-order valence-corrected chi connectivity index (χ3v) is 3.06. The summed E-state index contributed by atoms with van der Waals surface area (Å²) < 4.78 is 0. The summed E-state index contributed by atoms with van der Waals surface area (Å²) in [6.07, 6.45) is 0. The largest absolute Gasteiger partial charge is 0.480 e. The predicted molar refractivity (Wildman–Crippen MR) is 71.6 cm³/mol. The standard InChI is InChI=1S/C12H15ClN2O4/c1-8-3-4-9(5-11(8)15(18)19)10(13)6-14(2)7-12(16)17/h3-5,10H,6-7H2,1-2H3,(H,16,17). The van der Waals surface area contributed by atoms with E-state index in [1.165, 1.54) is 6.07 Å². The van der Waals surface area contributed by atoms with Crippen LogP contribution in [0.25, 0.3) is 0 Å². The second-order valence-electron chi connectivity index (χ2n) is 4.36. The molecule has 0 saturated carbocycles. The number of rotatable bonds is 6. The highest BCUT2D eigenvalue weighted by atomic mass is 35.5. The number of carboxylic acids is 1. The number of hydrogen-bond acceptors (Lipinski definition) is 4. The zero-order valence-corrected chi connectivity index (χ0v) is 11.4. The molecule has 104 valence electrons. The van der Waals surface area contributed by atoms with Gasteiger partial charge in [-0.05, 0) is 19.5 Å². The molecule has 0 saturated heterocycles.